The maximum Gasteiger partial charge on any atom is 1.00 e. The molecule has 0 aliphatic carbocycles. The van der Waals surface area contributed by atoms with Crippen LogP contribution in [0, 0.1) is 0 Å². The quantitative estimate of drug-likeness (QED) is 0.498. The Morgan fingerprint density at radius 1 is 0.895 bits per heavy atom. The molecule has 0 spiro atoms. The third-order valence-electron chi connectivity index (χ3n) is 2.45. The summed E-state index contributed by atoms with van der Waals surface area (Å²) >= 11 is 0. The van der Waals surface area contributed by atoms with Gasteiger partial charge in [0.05, 0.1) is 0 Å². The third-order valence-corrected chi connectivity index (χ3v) is 3.38. The maximum absolute atomic E-state index is 11.2. The predicted octanol–water partition coefficient (Wildman–Crippen LogP) is 0.220. The second kappa shape index (κ2) is 7.03. The first-order valence-corrected chi connectivity index (χ1v) is 6.81. The van der Waals surface area contributed by atoms with Crippen molar-refractivity contribution < 1.29 is 44.0 Å². The van der Waals surface area contributed by atoms with E-state index in [1.54, 1.807) is 30.4 Å². The van der Waals surface area contributed by atoms with E-state index in [2.05, 4.69) is 0 Å². The smallest absolute Gasteiger partial charge is 1.00 e. The zero-order valence-corrected chi connectivity index (χ0v) is 13.3. The van der Waals surface area contributed by atoms with E-state index in [1.807, 2.05) is 30.3 Å². The minimum Gasteiger partial charge on any atom is -1.00 e. The van der Waals surface area contributed by atoms with E-state index in [9.17, 15) is 8.42 Å². The van der Waals surface area contributed by atoms with Crippen molar-refractivity contribution in [3.05, 3.63) is 65.7 Å². The first-order valence-electron chi connectivity index (χ1n) is 5.37. The average molecular weight is 284 g/mol. The Morgan fingerprint density at radius 3 is 2.11 bits per heavy atom. The van der Waals surface area contributed by atoms with Crippen molar-refractivity contribution in [2.75, 3.05) is 0 Å². The zero-order valence-electron chi connectivity index (χ0n) is 11.5. The van der Waals surface area contributed by atoms with Gasteiger partial charge in [-0.25, -0.2) is 0 Å². The minimum atomic E-state index is -4.19. The van der Waals surface area contributed by atoms with Gasteiger partial charge in [-0.1, -0.05) is 60.7 Å². The molecule has 19 heavy (non-hydrogen) atoms. The Kier molecular flexibility index (Phi) is 5.97. The van der Waals surface area contributed by atoms with Gasteiger partial charge < -0.3 is 1.43 Å². The molecule has 0 saturated heterocycles. The summed E-state index contributed by atoms with van der Waals surface area (Å²) in [5.41, 5.74) is 1.42. The minimum absolute atomic E-state index is 0. The van der Waals surface area contributed by atoms with Gasteiger partial charge in [-0.3, -0.25) is 4.55 Å². The number of hydrogen-bond donors (Lipinski definition) is 1. The second-order valence-electron chi connectivity index (χ2n) is 3.76. The van der Waals surface area contributed by atoms with E-state index in [4.69, 9.17) is 4.55 Å². The van der Waals surface area contributed by atoms with E-state index in [1.165, 1.54) is 6.07 Å². The molecule has 2 aromatic rings. The molecular weight excluding hydrogens is 271 g/mol. The maximum atomic E-state index is 11.2. The Labute approximate surface area is 136 Å². The van der Waals surface area contributed by atoms with Crippen LogP contribution in [0.3, 0.4) is 0 Å². The number of hydrogen-bond acceptors (Lipinski definition) is 2. The summed E-state index contributed by atoms with van der Waals surface area (Å²) in [5, 5.41) is 0. The van der Waals surface area contributed by atoms with Crippen molar-refractivity contribution in [3.8, 4) is 0 Å². The van der Waals surface area contributed by atoms with Crippen LogP contribution in [0.2, 0.25) is 0 Å². The summed E-state index contributed by atoms with van der Waals surface area (Å²) < 4.78 is 31.5. The van der Waals surface area contributed by atoms with Crippen LogP contribution in [0.1, 0.15) is 12.6 Å². The molecule has 0 heterocycles. The number of rotatable bonds is 3. The Bertz CT molecular complexity index is 670. The molecule has 0 saturated carbocycles. The van der Waals surface area contributed by atoms with Gasteiger partial charge in [0.1, 0.15) is 4.90 Å². The molecule has 0 aliphatic rings. The van der Waals surface area contributed by atoms with Gasteiger partial charge in [-0.05, 0) is 17.2 Å². The summed E-state index contributed by atoms with van der Waals surface area (Å²) in [4.78, 5) is -0.0859. The van der Waals surface area contributed by atoms with E-state index >= 15 is 0 Å². The molecule has 0 aliphatic heterocycles. The van der Waals surface area contributed by atoms with Crippen molar-refractivity contribution >= 4 is 22.3 Å². The monoisotopic (exact) mass is 284 g/mol. The normalized spacial score (nSPS) is 11.2. The van der Waals surface area contributed by atoms with Gasteiger partial charge in [0.2, 0.25) is 0 Å². The van der Waals surface area contributed by atoms with Crippen molar-refractivity contribution in [3.63, 3.8) is 0 Å². The topological polar surface area (TPSA) is 54.4 Å². The molecule has 0 aromatic heterocycles. The molecule has 0 unspecified atom stereocenters. The van der Waals surface area contributed by atoms with Gasteiger partial charge >= 0.3 is 29.6 Å². The fourth-order valence-electron chi connectivity index (χ4n) is 1.60. The van der Waals surface area contributed by atoms with E-state index in [0.29, 0.717) is 5.56 Å². The average Bonchev–Trinajstić information content (AvgIpc) is 2.37. The molecule has 2 rings (SSSR count). The summed E-state index contributed by atoms with van der Waals surface area (Å²) in [5.74, 6) is 0. The van der Waals surface area contributed by atoms with Gasteiger partial charge in [-0.2, -0.15) is 8.42 Å². The number of benzene rings is 2. The van der Waals surface area contributed by atoms with Gasteiger partial charge in [0.25, 0.3) is 10.1 Å². The third kappa shape index (κ3) is 4.60. The zero-order chi connectivity index (χ0) is 13.0. The van der Waals surface area contributed by atoms with Crippen molar-refractivity contribution in [1.29, 1.82) is 0 Å². The molecule has 0 amide bonds. The van der Waals surface area contributed by atoms with Crippen molar-refractivity contribution in [1.82, 2.24) is 0 Å². The SMILES string of the molecule is O=S(=O)(O)c1ccccc1C=Cc1ccccc1.[H-].[Na+]. The Balaban J connectivity index is 0.00000180. The van der Waals surface area contributed by atoms with Crippen LogP contribution in [0.4, 0.5) is 0 Å². The van der Waals surface area contributed by atoms with Crippen LogP contribution in [0.15, 0.2) is 59.5 Å². The van der Waals surface area contributed by atoms with Gasteiger partial charge in [0, 0.05) is 0 Å². The molecule has 0 bridgehead atoms. The molecular formula is C14H13NaO3S. The van der Waals surface area contributed by atoms with Gasteiger partial charge in [0.15, 0.2) is 0 Å². The summed E-state index contributed by atoms with van der Waals surface area (Å²) in [6.07, 6.45) is 3.46. The largest absolute Gasteiger partial charge is 1.00 e. The predicted molar refractivity (Wildman–Crippen MR) is 72.7 cm³/mol. The second-order valence-corrected chi connectivity index (χ2v) is 5.15. The van der Waals surface area contributed by atoms with Crippen LogP contribution in [0.5, 0.6) is 0 Å². The Hall–Kier alpha value is -0.910. The van der Waals surface area contributed by atoms with Crippen LogP contribution in [0.25, 0.3) is 12.2 Å². The van der Waals surface area contributed by atoms with Gasteiger partial charge in [-0.15, -0.1) is 0 Å². The first-order chi connectivity index (χ1) is 8.57. The summed E-state index contributed by atoms with van der Waals surface area (Å²) in [6.45, 7) is 0. The van der Waals surface area contributed by atoms with E-state index in [0.717, 1.165) is 5.56 Å². The summed E-state index contributed by atoms with van der Waals surface area (Å²) in [6, 6.07) is 15.8. The fourth-order valence-corrected chi connectivity index (χ4v) is 2.29. The Morgan fingerprint density at radius 2 is 1.47 bits per heavy atom. The van der Waals surface area contributed by atoms with Crippen LogP contribution in [-0.2, 0) is 10.1 Å². The standard InChI is InChI=1S/C14H12O3S.Na.H/c15-18(16,17)14-9-5-4-8-13(14)11-10-12-6-2-1-3-7-12;;/h1-11H,(H,15,16,17);;/q;+1;-1. The molecule has 0 atom stereocenters. The molecule has 3 nitrogen and oxygen atoms in total. The first kappa shape index (κ1) is 16.1. The molecule has 1 N–H and O–H groups in total. The molecule has 2 aromatic carbocycles. The van der Waals surface area contributed by atoms with Crippen molar-refractivity contribution in [2.45, 2.75) is 4.90 Å². The molecule has 0 radical (unpaired) electrons. The van der Waals surface area contributed by atoms with Crippen molar-refractivity contribution in [2.24, 2.45) is 0 Å². The molecule has 5 heteroatoms. The van der Waals surface area contributed by atoms with Crippen LogP contribution in [-0.4, -0.2) is 13.0 Å². The fraction of sp³-hybridized carbons (Fsp3) is 0. The molecule has 0 fully saturated rings. The molecule has 94 valence electrons. The summed E-state index contributed by atoms with van der Waals surface area (Å²) in [7, 11) is -4.19. The van der Waals surface area contributed by atoms with E-state index < -0.39 is 10.1 Å². The van der Waals surface area contributed by atoms with Crippen LogP contribution < -0.4 is 29.6 Å². The van der Waals surface area contributed by atoms with Crippen LogP contribution >= 0.6 is 0 Å². The van der Waals surface area contributed by atoms with E-state index in [-0.39, 0.29) is 35.9 Å².